The molecule has 0 heterocycles. The molecule has 3 heteroatoms. The van der Waals surface area contributed by atoms with E-state index in [9.17, 15) is 13.2 Å². The summed E-state index contributed by atoms with van der Waals surface area (Å²) in [4.78, 5) is 0. The molecule has 0 N–H and O–H groups in total. The minimum atomic E-state index is -1.46. The van der Waals surface area contributed by atoms with Gasteiger partial charge in [0.05, 0.1) is 0 Å². The highest BCUT2D eigenvalue weighted by molar-refractivity contribution is 5.84. The molecule has 142 valence electrons. The summed E-state index contributed by atoms with van der Waals surface area (Å²) in [5, 5.41) is 0.312. The molecule has 0 aromatic heterocycles. The molecule has 0 atom stereocenters. The Morgan fingerprint density at radius 2 is 1.24 bits per heavy atom. The van der Waals surface area contributed by atoms with E-state index in [1.807, 2.05) is 24.3 Å². The second-order valence-electron chi connectivity index (χ2n) is 6.80. The van der Waals surface area contributed by atoms with Crippen LogP contribution in [0.15, 0.2) is 72.8 Å². The van der Waals surface area contributed by atoms with E-state index in [4.69, 9.17) is 0 Å². The van der Waals surface area contributed by atoms with E-state index in [2.05, 4.69) is 43.0 Å². The molecule has 29 heavy (non-hydrogen) atoms. The molecule has 0 saturated heterocycles. The summed E-state index contributed by atoms with van der Waals surface area (Å²) in [7, 11) is 0. The van der Waals surface area contributed by atoms with Crippen molar-refractivity contribution in [3.8, 4) is 23.0 Å². The Hall–Kier alpha value is -3.51. The van der Waals surface area contributed by atoms with Gasteiger partial charge in [-0.1, -0.05) is 61.2 Å². The fourth-order valence-electron chi connectivity index (χ4n) is 3.21. The van der Waals surface area contributed by atoms with Gasteiger partial charge in [-0.25, -0.2) is 13.2 Å². The van der Waals surface area contributed by atoms with E-state index < -0.39 is 17.5 Å². The minimum absolute atomic E-state index is 0.0351. The Morgan fingerprint density at radius 3 is 1.90 bits per heavy atom. The Morgan fingerprint density at radius 1 is 0.655 bits per heavy atom. The first kappa shape index (κ1) is 18.8. The van der Waals surface area contributed by atoms with Crippen LogP contribution in [0.1, 0.15) is 23.6 Å². The average molecular weight is 386 g/mol. The third kappa shape index (κ3) is 3.88. The lowest BCUT2D eigenvalue weighted by atomic mass is 10.0. The summed E-state index contributed by atoms with van der Waals surface area (Å²) in [6.45, 7) is 2.13. The minimum Gasteiger partial charge on any atom is -0.204 e. The maximum Gasteiger partial charge on any atom is 0.195 e. The summed E-state index contributed by atoms with van der Waals surface area (Å²) in [6.07, 6.45) is 1.01. The molecule has 4 rings (SSSR count). The van der Waals surface area contributed by atoms with Crippen LogP contribution in [0.3, 0.4) is 0 Å². The molecule has 4 aromatic carbocycles. The van der Waals surface area contributed by atoms with Gasteiger partial charge >= 0.3 is 0 Å². The predicted octanol–water partition coefficient (Wildman–Crippen LogP) is 6.89. The molecule has 0 bridgehead atoms. The van der Waals surface area contributed by atoms with Gasteiger partial charge in [0.15, 0.2) is 17.5 Å². The van der Waals surface area contributed by atoms with Gasteiger partial charge in [-0.15, -0.1) is 0 Å². The SMILES string of the molecule is CCc1ccc(-c2ccc(C#Cc3ccc4c(F)c(F)c(F)cc4c3)cc2)cc1. The van der Waals surface area contributed by atoms with Crippen LogP contribution in [0.2, 0.25) is 0 Å². The summed E-state index contributed by atoms with van der Waals surface area (Å²) in [5.74, 6) is 2.20. The zero-order valence-corrected chi connectivity index (χ0v) is 15.8. The van der Waals surface area contributed by atoms with E-state index in [1.165, 1.54) is 11.6 Å². The Bertz CT molecular complexity index is 1240. The fourth-order valence-corrected chi connectivity index (χ4v) is 3.21. The first-order valence-corrected chi connectivity index (χ1v) is 9.34. The molecular formula is C26H17F3. The van der Waals surface area contributed by atoms with Crippen molar-refractivity contribution < 1.29 is 13.2 Å². The lowest BCUT2D eigenvalue weighted by molar-refractivity contribution is 0.453. The molecule has 0 aliphatic carbocycles. The Kier molecular flexibility index (Phi) is 5.10. The van der Waals surface area contributed by atoms with Gasteiger partial charge in [0.2, 0.25) is 0 Å². The highest BCUT2D eigenvalue weighted by Crippen LogP contribution is 2.24. The molecule has 0 saturated carbocycles. The zero-order valence-electron chi connectivity index (χ0n) is 15.8. The first-order valence-electron chi connectivity index (χ1n) is 9.34. The molecule has 0 spiro atoms. The number of fused-ring (bicyclic) bond motifs is 1. The maximum absolute atomic E-state index is 13.8. The van der Waals surface area contributed by atoms with E-state index >= 15 is 0 Å². The van der Waals surface area contributed by atoms with Gasteiger partial charge in [0.1, 0.15) is 0 Å². The second-order valence-corrected chi connectivity index (χ2v) is 6.80. The predicted molar refractivity (Wildman–Crippen MR) is 111 cm³/mol. The monoisotopic (exact) mass is 386 g/mol. The van der Waals surface area contributed by atoms with Gasteiger partial charge in [-0.05, 0) is 58.8 Å². The van der Waals surface area contributed by atoms with E-state index in [0.29, 0.717) is 5.56 Å². The van der Waals surface area contributed by atoms with Crippen LogP contribution in [-0.2, 0) is 6.42 Å². The Balaban J connectivity index is 1.59. The summed E-state index contributed by atoms with van der Waals surface area (Å²) >= 11 is 0. The van der Waals surface area contributed by atoms with Crippen molar-refractivity contribution in [3.05, 3.63) is 107 Å². The standard InChI is InChI=1S/C26H17F3/c1-2-17-5-10-20(11-6-17)21-12-7-18(8-13-21)3-4-19-9-14-23-22(15-19)16-24(27)26(29)25(23)28/h5-16H,2H2,1H3. The molecule has 0 unspecified atom stereocenters. The molecule has 4 aromatic rings. The van der Waals surface area contributed by atoms with Crippen molar-refractivity contribution in [2.45, 2.75) is 13.3 Å². The largest absolute Gasteiger partial charge is 0.204 e. The third-order valence-electron chi connectivity index (χ3n) is 4.90. The number of hydrogen-bond acceptors (Lipinski definition) is 0. The fraction of sp³-hybridized carbons (Fsp3) is 0.0769. The topological polar surface area (TPSA) is 0 Å². The number of benzene rings is 4. The Labute approximate surface area is 167 Å². The third-order valence-corrected chi connectivity index (χ3v) is 4.90. The van der Waals surface area contributed by atoms with Crippen LogP contribution >= 0.6 is 0 Å². The summed E-state index contributed by atoms with van der Waals surface area (Å²) in [6, 6.07) is 21.9. The van der Waals surface area contributed by atoms with Gasteiger partial charge in [-0.2, -0.15) is 0 Å². The van der Waals surface area contributed by atoms with Crippen molar-refractivity contribution in [3.63, 3.8) is 0 Å². The zero-order chi connectivity index (χ0) is 20.4. The summed E-state index contributed by atoms with van der Waals surface area (Å²) < 4.78 is 40.6. The van der Waals surface area contributed by atoms with Crippen molar-refractivity contribution in [1.29, 1.82) is 0 Å². The molecule has 0 nitrogen and oxygen atoms in total. The quantitative estimate of drug-likeness (QED) is 0.260. The van der Waals surface area contributed by atoms with Gasteiger partial charge in [0.25, 0.3) is 0 Å². The van der Waals surface area contributed by atoms with Crippen LogP contribution in [0.25, 0.3) is 21.9 Å². The highest BCUT2D eigenvalue weighted by Gasteiger charge is 2.13. The molecule has 0 fully saturated rings. The van der Waals surface area contributed by atoms with Crippen LogP contribution in [-0.4, -0.2) is 0 Å². The molecular weight excluding hydrogens is 369 g/mol. The van der Waals surface area contributed by atoms with Crippen LogP contribution in [0.4, 0.5) is 13.2 Å². The van der Waals surface area contributed by atoms with Crippen molar-refractivity contribution in [1.82, 2.24) is 0 Å². The lowest BCUT2D eigenvalue weighted by Crippen LogP contribution is -1.92. The smallest absolute Gasteiger partial charge is 0.195 e. The normalized spacial score (nSPS) is 10.6. The van der Waals surface area contributed by atoms with E-state index in [-0.39, 0.29) is 10.8 Å². The average Bonchev–Trinajstić information content (AvgIpc) is 2.76. The van der Waals surface area contributed by atoms with Crippen LogP contribution in [0.5, 0.6) is 0 Å². The lowest BCUT2D eigenvalue weighted by Gasteiger charge is -2.03. The van der Waals surface area contributed by atoms with Crippen molar-refractivity contribution in [2.75, 3.05) is 0 Å². The van der Waals surface area contributed by atoms with Gasteiger partial charge < -0.3 is 0 Å². The van der Waals surface area contributed by atoms with Crippen molar-refractivity contribution >= 4 is 10.8 Å². The first-order chi connectivity index (χ1) is 14.0. The molecule has 0 aliphatic rings. The van der Waals surface area contributed by atoms with Crippen LogP contribution in [0, 0.1) is 29.3 Å². The number of rotatable bonds is 2. The number of hydrogen-bond donors (Lipinski definition) is 0. The van der Waals surface area contributed by atoms with Gasteiger partial charge in [0, 0.05) is 16.5 Å². The molecule has 0 aliphatic heterocycles. The van der Waals surface area contributed by atoms with E-state index in [1.54, 1.807) is 12.1 Å². The van der Waals surface area contributed by atoms with Crippen LogP contribution < -0.4 is 0 Å². The van der Waals surface area contributed by atoms with Crippen molar-refractivity contribution in [2.24, 2.45) is 0 Å². The summed E-state index contributed by atoms with van der Waals surface area (Å²) in [5.41, 5.74) is 4.98. The molecule has 0 amide bonds. The highest BCUT2D eigenvalue weighted by atomic mass is 19.2. The maximum atomic E-state index is 13.8. The van der Waals surface area contributed by atoms with Gasteiger partial charge in [-0.3, -0.25) is 0 Å². The second kappa shape index (κ2) is 7.85. The van der Waals surface area contributed by atoms with E-state index in [0.717, 1.165) is 29.2 Å². The molecule has 0 radical (unpaired) electrons. The number of halogens is 3. The number of aryl methyl sites for hydroxylation is 1.